The monoisotopic (exact) mass is 240 g/mol. The van der Waals surface area contributed by atoms with Gasteiger partial charge in [0.25, 0.3) is 0 Å². The molecule has 0 saturated carbocycles. The second kappa shape index (κ2) is 7.30. The van der Waals surface area contributed by atoms with E-state index in [0.717, 1.165) is 32.2 Å². The minimum atomic E-state index is -0.0223. The molecule has 1 unspecified atom stereocenters. The largest absolute Gasteiger partial charge is 0.347 e. The molecule has 98 valence electrons. The molecule has 0 aromatic rings. The summed E-state index contributed by atoms with van der Waals surface area (Å²) in [4.78, 5) is 25.2. The van der Waals surface area contributed by atoms with Crippen LogP contribution in [0.2, 0.25) is 0 Å². The van der Waals surface area contributed by atoms with E-state index in [9.17, 15) is 9.59 Å². The highest BCUT2D eigenvalue weighted by Crippen LogP contribution is 2.19. The molecular formula is C13H24N2O2. The minimum absolute atomic E-state index is 0.0223. The molecule has 1 saturated heterocycles. The van der Waals surface area contributed by atoms with Crippen molar-refractivity contribution in [2.75, 3.05) is 13.1 Å². The van der Waals surface area contributed by atoms with Crippen molar-refractivity contribution in [1.29, 1.82) is 0 Å². The Bertz CT molecular complexity index is 266. The van der Waals surface area contributed by atoms with Gasteiger partial charge in [0.05, 0.1) is 6.54 Å². The molecule has 0 spiro atoms. The van der Waals surface area contributed by atoms with Crippen LogP contribution in [0.4, 0.5) is 0 Å². The topological polar surface area (TPSA) is 49.4 Å². The first kappa shape index (κ1) is 14.0. The zero-order valence-electron chi connectivity index (χ0n) is 11.0. The van der Waals surface area contributed by atoms with Gasteiger partial charge in [-0.3, -0.25) is 9.59 Å². The zero-order valence-corrected chi connectivity index (χ0v) is 11.0. The van der Waals surface area contributed by atoms with Crippen LogP contribution in [0.3, 0.4) is 0 Å². The van der Waals surface area contributed by atoms with Crippen molar-refractivity contribution in [2.45, 2.75) is 58.4 Å². The van der Waals surface area contributed by atoms with Gasteiger partial charge in [-0.2, -0.15) is 0 Å². The van der Waals surface area contributed by atoms with Crippen LogP contribution in [0.5, 0.6) is 0 Å². The van der Waals surface area contributed by atoms with Gasteiger partial charge in [-0.05, 0) is 32.1 Å². The van der Waals surface area contributed by atoms with E-state index in [-0.39, 0.29) is 18.4 Å². The predicted molar refractivity (Wildman–Crippen MR) is 67.6 cm³/mol. The molecule has 0 aromatic carbocycles. The van der Waals surface area contributed by atoms with Crippen LogP contribution in [-0.4, -0.2) is 35.8 Å². The lowest BCUT2D eigenvalue weighted by atomic mass is 10.00. The Kier molecular flexibility index (Phi) is 6.01. The highest BCUT2D eigenvalue weighted by atomic mass is 16.2. The second-order valence-electron chi connectivity index (χ2n) is 4.67. The van der Waals surface area contributed by atoms with Gasteiger partial charge in [0.2, 0.25) is 11.8 Å². The van der Waals surface area contributed by atoms with Gasteiger partial charge in [0.1, 0.15) is 0 Å². The number of carbonyl (C=O) groups excluding carboxylic acids is 2. The van der Waals surface area contributed by atoms with Crippen molar-refractivity contribution in [3.63, 3.8) is 0 Å². The summed E-state index contributed by atoms with van der Waals surface area (Å²) in [6.45, 7) is 5.08. The summed E-state index contributed by atoms with van der Waals surface area (Å²) in [6, 6.07) is 0.374. The summed E-state index contributed by atoms with van der Waals surface area (Å²) in [7, 11) is 0. The van der Waals surface area contributed by atoms with Gasteiger partial charge in [0, 0.05) is 19.0 Å². The van der Waals surface area contributed by atoms with Crippen LogP contribution >= 0.6 is 0 Å². The number of carbonyl (C=O) groups is 2. The highest BCUT2D eigenvalue weighted by Gasteiger charge is 2.24. The molecule has 0 aromatic heterocycles. The minimum Gasteiger partial charge on any atom is -0.347 e. The summed E-state index contributed by atoms with van der Waals surface area (Å²) >= 11 is 0. The first-order valence-corrected chi connectivity index (χ1v) is 6.75. The van der Waals surface area contributed by atoms with Crippen LogP contribution in [0.25, 0.3) is 0 Å². The van der Waals surface area contributed by atoms with E-state index < -0.39 is 0 Å². The van der Waals surface area contributed by atoms with Gasteiger partial charge in [-0.25, -0.2) is 0 Å². The fourth-order valence-electron chi connectivity index (χ4n) is 2.34. The van der Waals surface area contributed by atoms with Gasteiger partial charge in [0.15, 0.2) is 0 Å². The third-order valence-electron chi connectivity index (χ3n) is 3.33. The molecule has 1 rings (SSSR count). The quantitative estimate of drug-likeness (QED) is 0.795. The molecule has 1 aliphatic rings. The lowest BCUT2D eigenvalue weighted by Gasteiger charge is -2.35. The molecule has 2 amide bonds. The molecule has 17 heavy (non-hydrogen) atoms. The van der Waals surface area contributed by atoms with Gasteiger partial charge >= 0.3 is 0 Å². The van der Waals surface area contributed by atoms with Crippen molar-refractivity contribution >= 4 is 11.8 Å². The highest BCUT2D eigenvalue weighted by molar-refractivity contribution is 5.84. The average molecular weight is 240 g/mol. The zero-order chi connectivity index (χ0) is 12.7. The van der Waals surface area contributed by atoms with Gasteiger partial charge in [-0.15, -0.1) is 0 Å². The van der Waals surface area contributed by atoms with E-state index in [1.54, 1.807) is 0 Å². The average Bonchev–Trinajstić information content (AvgIpc) is 2.36. The van der Waals surface area contributed by atoms with E-state index in [1.807, 2.05) is 11.8 Å². The van der Waals surface area contributed by atoms with Crippen molar-refractivity contribution in [3.8, 4) is 0 Å². The molecule has 1 aliphatic heterocycles. The van der Waals surface area contributed by atoms with Crippen molar-refractivity contribution in [3.05, 3.63) is 0 Å². The Morgan fingerprint density at radius 3 is 2.71 bits per heavy atom. The Morgan fingerprint density at radius 2 is 2.06 bits per heavy atom. The van der Waals surface area contributed by atoms with Gasteiger partial charge < -0.3 is 10.2 Å². The Labute approximate surface area is 104 Å². The first-order chi connectivity index (χ1) is 8.19. The smallest absolute Gasteiger partial charge is 0.242 e. The molecule has 0 bridgehead atoms. The van der Waals surface area contributed by atoms with Crippen LogP contribution in [0, 0.1) is 0 Å². The summed E-state index contributed by atoms with van der Waals surface area (Å²) in [6.07, 6.45) is 5.74. The number of amides is 2. The first-order valence-electron chi connectivity index (χ1n) is 6.75. The van der Waals surface area contributed by atoms with Gasteiger partial charge in [-0.1, -0.05) is 13.8 Å². The molecule has 4 heteroatoms. The number of nitrogens with zero attached hydrogens (tertiary/aromatic N) is 1. The standard InChI is InChI=1S/C13H24N2O2/c1-3-7-12(16)14-10-13(17)15-9-6-5-8-11(15)4-2/h11H,3-10H2,1-2H3,(H,14,16). The van der Waals surface area contributed by atoms with E-state index in [4.69, 9.17) is 0 Å². The van der Waals surface area contributed by atoms with E-state index in [2.05, 4.69) is 12.2 Å². The van der Waals surface area contributed by atoms with Crippen LogP contribution < -0.4 is 5.32 Å². The number of likely N-dealkylation sites (tertiary alicyclic amines) is 1. The fraction of sp³-hybridized carbons (Fsp3) is 0.846. The molecule has 0 aliphatic carbocycles. The Balaban J connectivity index is 2.37. The van der Waals surface area contributed by atoms with Crippen LogP contribution in [0.1, 0.15) is 52.4 Å². The fourth-order valence-corrected chi connectivity index (χ4v) is 2.34. The lowest BCUT2D eigenvalue weighted by Crippen LogP contribution is -2.47. The number of hydrogen-bond acceptors (Lipinski definition) is 2. The van der Waals surface area contributed by atoms with Crippen molar-refractivity contribution in [1.82, 2.24) is 10.2 Å². The van der Waals surface area contributed by atoms with E-state index in [0.29, 0.717) is 12.5 Å². The third kappa shape index (κ3) is 4.36. The molecule has 4 nitrogen and oxygen atoms in total. The summed E-state index contributed by atoms with van der Waals surface area (Å²) < 4.78 is 0. The third-order valence-corrected chi connectivity index (χ3v) is 3.33. The van der Waals surface area contributed by atoms with Crippen LogP contribution in [0.15, 0.2) is 0 Å². The maximum Gasteiger partial charge on any atom is 0.242 e. The number of nitrogens with one attached hydrogen (secondary N) is 1. The number of rotatable bonds is 5. The lowest BCUT2D eigenvalue weighted by molar-refractivity contribution is -0.136. The van der Waals surface area contributed by atoms with E-state index in [1.165, 1.54) is 6.42 Å². The van der Waals surface area contributed by atoms with E-state index >= 15 is 0 Å². The number of hydrogen-bond donors (Lipinski definition) is 1. The molecule has 1 fully saturated rings. The number of piperidine rings is 1. The second-order valence-corrected chi connectivity index (χ2v) is 4.67. The Morgan fingerprint density at radius 1 is 1.29 bits per heavy atom. The predicted octanol–water partition coefficient (Wildman–Crippen LogP) is 1.69. The molecule has 1 heterocycles. The maximum atomic E-state index is 12.0. The maximum absolute atomic E-state index is 12.0. The molecule has 1 N–H and O–H groups in total. The summed E-state index contributed by atoms with van der Waals surface area (Å²) in [5.74, 6) is 0.0481. The van der Waals surface area contributed by atoms with Crippen molar-refractivity contribution in [2.24, 2.45) is 0 Å². The molecule has 0 radical (unpaired) electrons. The summed E-state index contributed by atoms with van der Waals surface area (Å²) in [5, 5.41) is 2.70. The normalized spacial score (nSPS) is 20.1. The van der Waals surface area contributed by atoms with Crippen LogP contribution in [-0.2, 0) is 9.59 Å². The van der Waals surface area contributed by atoms with Crippen molar-refractivity contribution < 1.29 is 9.59 Å². The summed E-state index contributed by atoms with van der Waals surface area (Å²) in [5.41, 5.74) is 0. The SMILES string of the molecule is CCCC(=O)NCC(=O)N1CCCCC1CC. The molecular weight excluding hydrogens is 216 g/mol. The molecule has 1 atom stereocenters. The Hall–Kier alpha value is -1.06.